The van der Waals surface area contributed by atoms with E-state index < -0.39 is 5.60 Å². The molecule has 3 aromatic rings. The minimum Gasteiger partial charge on any atom is -0.493 e. The van der Waals surface area contributed by atoms with Gasteiger partial charge in [0.25, 0.3) is 0 Å². The van der Waals surface area contributed by atoms with Crippen LogP contribution >= 0.6 is 0 Å². The zero-order chi connectivity index (χ0) is 28.4. The third-order valence-corrected chi connectivity index (χ3v) is 6.99. The van der Waals surface area contributed by atoms with E-state index in [9.17, 15) is 9.59 Å². The molecule has 1 aromatic heterocycles. The van der Waals surface area contributed by atoms with Crippen molar-refractivity contribution >= 4 is 40.1 Å². The molecule has 1 N–H and O–H groups in total. The maximum Gasteiger partial charge on any atom is 0.414 e. The fourth-order valence-electron chi connectivity index (χ4n) is 5.04. The molecular formula is C30H35N5O5. The number of benzene rings is 2. The number of piperidine rings is 1. The molecule has 2 aromatic carbocycles. The van der Waals surface area contributed by atoms with Gasteiger partial charge in [-0.15, -0.1) is 0 Å². The van der Waals surface area contributed by atoms with E-state index in [0.717, 1.165) is 28.7 Å². The van der Waals surface area contributed by atoms with Crippen molar-refractivity contribution in [3.05, 3.63) is 54.9 Å². The van der Waals surface area contributed by atoms with Crippen LogP contribution in [0.1, 0.15) is 39.2 Å². The number of methoxy groups -OCH3 is 1. The number of hydrogen-bond acceptors (Lipinski definition) is 8. The maximum atomic E-state index is 12.7. The Hall–Kier alpha value is -4.34. The van der Waals surface area contributed by atoms with Gasteiger partial charge in [-0.1, -0.05) is 6.58 Å². The van der Waals surface area contributed by atoms with Gasteiger partial charge in [-0.25, -0.2) is 14.8 Å². The minimum absolute atomic E-state index is 0.0501. The Morgan fingerprint density at radius 3 is 2.55 bits per heavy atom. The zero-order valence-corrected chi connectivity index (χ0v) is 23.4. The number of amides is 2. The highest BCUT2D eigenvalue weighted by atomic mass is 16.6. The van der Waals surface area contributed by atoms with Crippen molar-refractivity contribution in [3.63, 3.8) is 0 Å². The van der Waals surface area contributed by atoms with Gasteiger partial charge in [0.15, 0.2) is 11.5 Å². The van der Waals surface area contributed by atoms with Crippen molar-refractivity contribution in [2.24, 2.45) is 0 Å². The number of anilines is 3. The average molecular weight is 546 g/mol. The summed E-state index contributed by atoms with van der Waals surface area (Å²) in [4.78, 5) is 37.0. The molecule has 0 aliphatic carbocycles. The molecular weight excluding hydrogens is 510 g/mol. The minimum atomic E-state index is -0.553. The number of ether oxygens (including phenoxy) is 3. The monoisotopic (exact) mass is 545 g/mol. The van der Waals surface area contributed by atoms with E-state index in [4.69, 9.17) is 14.2 Å². The molecule has 0 radical (unpaired) electrons. The van der Waals surface area contributed by atoms with Crippen LogP contribution in [0.25, 0.3) is 10.9 Å². The third-order valence-electron chi connectivity index (χ3n) is 6.99. The fourth-order valence-corrected chi connectivity index (χ4v) is 5.04. The second kappa shape index (κ2) is 11.0. The first-order valence-electron chi connectivity index (χ1n) is 13.5. The van der Waals surface area contributed by atoms with Crippen molar-refractivity contribution in [3.8, 4) is 11.5 Å². The van der Waals surface area contributed by atoms with Gasteiger partial charge >= 0.3 is 6.09 Å². The Labute approximate surface area is 233 Å². The van der Waals surface area contributed by atoms with Crippen molar-refractivity contribution in [1.82, 2.24) is 14.9 Å². The molecule has 3 heterocycles. The fraction of sp³-hybridized carbons (Fsp3) is 0.400. The highest BCUT2D eigenvalue weighted by Gasteiger charge is 2.29. The lowest BCUT2D eigenvalue weighted by Gasteiger charge is -2.31. The van der Waals surface area contributed by atoms with Crippen LogP contribution in [0.3, 0.4) is 0 Å². The van der Waals surface area contributed by atoms with Crippen LogP contribution in [0.15, 0.2) is 49.3 Å². The number of fused-ring (bicyclic) bond motifs is 2. The average Bonchev–Trinajstić information content (AvgIpc) is 3.35. The van der Waals surface area contributed by atoms with Gasteiger partial charge < -0.3 is 24.4 Å². The van der Waals surface area contributed by atoms with Gasteiger partial charge in [-0.2, -0.15) is 0 Å². The first kappa shape index (κ1) is 27.2. The SMILES string of the molecule is C=CC(=O)N1CCC(Oc2cc3c(Nc4ccc5c(c4)CCN5C(=O)OC(C)(C)C)ncnc3cc2OC)CC1. The molecule has 0 saturated carbocycles. The lowest BCUT2D eigenvalue weighted by Crippen LogP contribution is -2.41. The standard InChI is InChI=1S/C30H35N5O5/c1-6-27(36)34-12-10-21(11-13-34)39-26-16-22-23(17-25(26)38-5)31-18-32-28(22)33-20-7-8-24-19(15-20)9-14-35(24)29(37)40-30(2,3)4/h6-8,15-18,21H,1,9-14H2,2-5H3,(H,31,32,33). The molecule has 40 heavy (non-hydrogen) atoms. The van der Waals surface area contributed by atoms with Crippen molar-refractivity contribution in [1.29, 1.82) is 0 Å². The second-order valence-electron chi connectivity index (χ2n) is 10.9. The third kappa shape index (κ3) is 5.80. The first-order chi connectivity index (χ1) is 19.1. The topological polar surface area (TPSA) is 106 Å². The van der Waals surface area contributed by atoms with Gasteiger partial charge in [0.05, 0.1) is 18.3 Å². The van der Waals surface area contributed by atoms with E-state index in [1.54, 1.807) is 16.9 Å². The van der Waals surface area contributed by atoms with Gasteiger partial charge in [0.1, 0.15) is 23.9 Å². The molecule has 5 rings (SSSR count). The summed E-state index contributed by atoms with van der Waals surface area (Å²) in [7, 11) is 1.60. The molecule has 1 fully saturated rings. The predicted molar refractivity (Wildman–Crippen MR) is 154 cm³/mol. The van der Waals surface area contributed by atoms with Crippen molar-refractivity contribution in [2.45, 2.75) is 51.7 Å². The largest absolute Gasteiger partial charge is 0.493 e. The molecule has 210 valence electrons. The lowest BCUT2D eigenvalue weighted by molar-refractivity contribution is -0.127. The summed E-state index contributed by atoms with van der Waals surface area (Å²) in [5, 5.41) is 4.20. The zero-order valence-electron chi connectivity index (χ0n) is 23.4. The first-order valence-corrected chi connectivity index (χ1v) is 13.5. The summed E-state index contributed by atoms with van der Waals surface area (Å²) in [5.74, 6) is 1.76. The molecule has 10 nitrogen and oxygen atoms in total. The van der Waals surface area contributed by atoms with Gasteiger partial charge in [0, 0.05) is 49.6 Å². The Balaban J connectivity index is 1.36. The second-order valence-corrected chi connectivity index (χ2v) is 10.9. The van der Waals surface area contributed by atoms with E-state index in [1.807, 2.05) is 51.1 Å². The van der Waals surface area contributed by atoms with Crippen LogP contribution in [0.2, 0.25) is 0 Å². The number of nitrogens with zero attached hydrogens (tertiary/aromatic N) is 4. The smallest absolute Gasteiger partial charge is 0.414 e. The number of hydrogen-bond donors (Lipinski definition) is 1. The van der Waals surface area contributed by atoms with Gasteiger partial charge in [0.2, 0.25) is 5.91 Å². The number of aromatic nitrogens is 2. The molecule has 0 bridgehead atoms. The van der Waals surface area contributed by atoms with E-state index in [2.05, 4.69) is 21.9 Å². The summed E-state index contributed by atoms with van der Waals surface area (Å²) in [6.45, 7) is 11.0. The number of carbonyl (C=O) groups excluding carboxylic acids is 2. The van der Waals surface area contributed by atoms with Crippen molar-refractivity contribution in [2.75, 3.05) is 37.0 Å². The molecule has 0 unspecified atom stereocenters. The normalized spacial score (nSPS) is 15.5. The number of nitrogens with one attached hydrogen (secondary N) is 1. The summed E-state index contributed by atoms with van der Waals surface area (Å²) < 4.78 is 17.5. The molecule has 2 aliphatic heterocycles. The van der Waals surface area contributed by atoms with E-state index >= 15 is 0 Å². The Kier molecular flexibility index (Phi) is 7.51. The van der Waals surface area contributed by atoms with Crippen molar-refractivity contribution < 1.29 is 23.8 Å². The lowest BCUT2D eigenvalue weighted by atomic mass is 10.1. The quantitative estimate of drug-likeness (QED) is 0.420. The van der Waals surface area contributed by atoms with Crippen LogP contribution in [0, 0.1) is 0 Å². The van der Waals surface area contributed by atoms with Gasteiger partial charge in [-0.05, 0) is 63.1 Å². The Bertz CT molecular complexity index is 1440. The Morgan fingerprint density at radius 2 is 1.85 bits per heavy atom. The highest BCUT2D eigenvalue weighted by Crippen LogP contribution is 2.37. The molecule has 1 saturated heterocycles. The molecule has 0 atom stereocenters. The summed E-state index contributed by atoms with van der Waals surface area (Å²) in [5.41, 5.74) is 2.92. The van der Waals surface area contributed by atoms with Crippen LogP contribution in [-0.2, 0) is 16.0 Å². The summed E-state index contributed by atoms with van der Waals surface area (Å²) >= 11 is 0. The van der Waals surface area contributed by atoms with Crippen LogP contribution < -0.4 is 19.7 Å². The van der Waals surface area contributed by atoms with E-state index in [1.165, 1.54) is 12.4 Å². The van der Waals surface area contributed by atoms with Crippen LogP contribution in [0.4, 0.5) is 22.0 Å². The maximum absolute atomic E-state index is 12.7. The Morgan fingerprint density at radius 1 is 1.07 bits per heavy atom. The van der Waals surface area contributed by atoms with E-state index in [-0.39, 0.29) is 18.1 Å². The molecule has 2 aliphatic rings. The molecule has 0 spiro atoms. The van der Waals surface area contributed by atoms with Crippen LogP contribution in [0.5, 0.6) is 11.5 Å². The highest BCUT2D eigenvalue weighted by molar-refractivity contribution is 5.94. The summed E-state index contributed by atoms with van der Waals surface area (Å²) in [6.07, 6.45) is 4.63. The molecule has 10 heteroatoms. The number of rotatable bonds is 6. The van der Waals surface area contributed by atoms with Gasteiger partial charge in [-0.3, -0.25) is 9.69 Å². The van der Waals surface area contributed by atoms with Crippen LogP contribution in [-0.4, -0.2) is 65.3 Å². The predicted octanol–water partition coefficient (Wildman–Crippen LogP) is 5.24. The number of carbonyl (C=O) groups is 2. The number of likely N-dealkylation sites (tertiary alicyclic amines) is 1. The molecule has 2 amide bonds. The summed E-state index contributed by atoms with van der Waals surface area (Å²) in [6, 6.07) is 9.63. The van der Waals surface area contributed by atoms with E-state index in [0.29, 0.717) is 55.3 Å².